The van der Waals surface area contributed by atoms with Crippen LogP contribution >= 0.6 is 0 Å². The Morgan fingerprint density at radius 1 is 1.00 bits per heavy atom. The number of hydrogen-bond donors (Lipinski definition) is 1. The average molecular weight is 362 g/mol. The third-order valence-electron chi connectivity index (χ3n) is 4.03. The topological polar surface area (TPSA) is 67.4 Å². The predicted octanol–water partition coefficient (Wildman–Crippen LogP) is 4.49. The molecule has 0 unspecified atom stereocenters. The summed E-state index contributed by atoms with van der Waals surface area (Å²) >= 11 is 0. The number of hydrogen-bond acceptors (Lipinski definition) is 5. The van der Waals surface area contributed by atoms with Crippen LogP contribution in [0.1, 0.15) is 24.3 Å². The predicted molar refractivity (Wildman–Crippen MR) is 106 cm³/mol. The summed E-state index contributed by atoms with van der Waals surface area (Å²) in [5.41, 5.74) is 1.08. The minimum atomic E-state index is -0.112. The van der Waals surface area contributed by atoms with Crippen LogP contribution in [-0.2, 0) is 0 Å². The van der Waals surface area contributed by atoms with Gasteiger partial charge in [-0.2, -0.15) is 0 Å². The van der Waals surface area contributed by atoms with E-state index in [2.05, 4.69) is 15.3 Å². The van der Waals surface area contributed by atoms with E-state index in [1.165, 1.54) is 0 Å². The lowest BCUT2D eigenvalue weighted by molar-refractivity contribution is 0.0767. The van der Waals surface area contributed by atoms with Crippen LogP contribution < -0.4 is 10.1 Å². The molecule has 1 N–H and O–H groups in total. The molecular weight excluding hydrogens is 340 g/mol. The van der Waals surface area contributed by atoms with E-state index in [4.69, 9.17) is 4.74 Å². The summed E-state index contributed by atoms with van der Waals surface area (Å²) in [5, 5.41) is 3.15. The molecule has 0 fully saturated rings. The number of para-hydroxylation sites is 3. The number of aromatic nitrogens is 2. The average Bonchev–Trinajstić information content (AvgIpc) is 2.71. The molecule has 0 spiro atoms. The van der Waals surface area contributed by atoms with E-state index >= 15 is 0 Å². The van der Waals surface area contributed by atoms with Crippen molar-refractivity contribution in [2.45, 2.75) is 13.8 Å². The van der Waals surface area contributed by atoms with Gasteiger partial charge in [-0.25, -0.2) is 9.97 Å². The van der Waals surface area contributed by atoms with Crippen molar-refractivity contribution in [1.29, 1.82) is 0 Å². The molecule has 0 aliphatic heterocycles. The van der Waals surface area contributed by atoms with Gasteiger partial charge in [0.15, 0.2) is 5.75 Å². The number of nitrogens with one attached hydrogen (secondary N) is 1. The Kier molecular flexibility index (Phi) is 5.99. The first-order chi connectivity index (χ1) is 13.2. The molecule has 0 aliphatic rings. The van der Waals surface area contributed by atoms with E-state index in [0.29, 0.717) is 36.2 Å². The quantitative estimate of drug-likeness (QED) is 0.670. The van der Waals surface area contributed by atoms with Crippen LogP contribution in [0.2, 0.25) is 0 Å². The number of nitrogens with zero attached hydrogens (tertiary/aromatic N) is 3. The Morgan fingerprint density at radius 3 is 2.44 bits per heavy atom. The van der Waals surface area contributed by atoms with Crippen molar-refractivity contribution in [3.8, 4) is 11.5 Å². The van der Waals surface area contributed by atoms with Crippen LogP contribution in [0.4, 0.5) is 11.6 Å². The summed E-state index contributed by atoms with van der Waals surface area (Å²) in [5.74, 6) is 1.61. The second-order valence-corrected chi connectivity index (χ2v) is 5.78. The zero-order valence-electron chi connectivity index (χ0n) is 15.4. The number of ether oxygens (including phenoxy) is 1. The Balaban J connectivity index is 1.82. The zero-order chi connectivity index (χ0) is 19.1. The molecule has 6 nitrogen and oxygen atoms in total. The number of anilines is 2. The van der Waals surface area contributed by atoms with E-state index in [0.717, 1.165) is 5.75 Å². The first-order valence-corrected chi connectivity index (χ1v) is 8.92. The lowest BCUT2D eigenvalue weighted by Crippen LogP contribution is -2.31. The maximum absolute atomic E-state index is 12.5. The lowest BCUT2D eigenvalue weighted by atomic mass is 10.3. The molecule has 27 heavy (non-hydrogen) atoms. The zero-order valence-corrected chi connectivity index (χ0v) is 15.4. The summed E-state index contributed by atoms with van der Waals surface area (Å²) in [6.07, 6.45) is 1.58. The summed E-state index contributed by atoms with van der Waals surface area (Å²) in [6, 6.07) is 18.7. The third kappa shape index (κ3) is 4.61. The molecule has 6 heteroatoms. The van der Waals surface area contributed by atoms with Gasteiger partial charge in [-0.05, 0) is 44.2 Å². The van der Waals surface area contributed by atoms with Gasteiger partial charge in [-0.1, -0.05) is 30.3 Å². The van der Waals surface area contributed by atoms with Crippen molar-refractivity contribution < 1.29 is 9.53 Å². The van der Waals surface area contributed by atoms with Crippen LogP contribution in [0.15, 0.2) is 66.9 Å². The molecule has 0 bridgehead atoms. The highest BCUT2D eigenvalue weighted by Crippen LogP contribution is 2.30. The van der Waals surface area contributed by atoms with Crippen LogP contribution in [-0.4, -0.2) is 33.9 Å². The normalized spacial score (nSPS) is 10.3. The van der Waals surface area contributed by atoms with E-state index in [9.17, 15) is 4.79 Å². The van der Waals surface area contributed by atoms with E-state index in [1.807, 2.05) is 68.4 Å². The van der Waals surface area contributed by atoms with E-state index in [1.54, 1.807) is 17.2 Å². The van der Waals surface area contributed by atoms with Gasteiger partial charge >= 0.3 is 0 Å². The van der Waals surface area contributed by atoms with Crippen molar-refractivity contribution in [1.82, 2.24) is 14.9 Å². The molecule has 0 radical (unpaired) electrons. The molecule has 0 aliphatic carbocycles. The lowest BCUT2D eigenvalue weighted by Gasteiger charge is -2.18. The largest absolute Gasteiger partial charge is 0.455 e. The second kappa shape index (κ2) is 8.80. The second-order valence-electron chi connectivity index (χ2n) is 5.78. The van der Waals surface area contributed by atoms with Gasteiger partial charge < -0.3 is 15.0 Å². The standard InChI is InChI=1S/C21H22N4O2/c1-3-25(4-2)20(26)18-14-15-22-21(24-18)23-17-12-8-9-13-19(17)27-16-10-6-5-7-11-16/h5-15H,3-4H2,1-2H3,(H,22,23,24). The molecule has 3 aromatic rings. The summed E-state index contributed by atoms with van der Waals surface area (Å²) < 4.78 is 5.94. The fraction of sp³-hybridized carbons (Fsp3) is 0.190. The van der Waals surface area contributed by atoms with Crippen LogP contribution in [0.3, 0.4) is 0 Å². The molecule has 0 saturated heterocycles. The van der Waals surface area contributed by atoms with Gasteiger partial charge in [0.1, 0.15) is 11.4 Å². The number of amides is 1. The van der Waals surface area contributed by atoms with Crippen LogP contribution in [0, 0.1) is 0 Å². The fourth-order valence-electron chi connectivity index (χ4n) is 2.61. The van der Waals surface area contributed by atoms with Gasteiger partial charge in [0.05, 0.1) is 5.69 Å². The maximum Gasteiger partial charge on any atom is 0.272 e. The van der Waals surface area contributed by atoms with Gasteiger partial charge in [0.25, 0.3) is 5.91 Å². The number of benzene rings is 2. The van der Waals surface area contributed by atoms with Gasteiger partial charge in [-0.15, -0.1) is 0 Å². The van der Waals surface area contributed by atoms with Gasteiger partial charge in [0, 0.05) is 19.3 Å². The van der Waals surface area contributed by atoms with E-state index < -0.39 is 0 Å². The van der Waals surface area contributed by atoms with Crippen molar-refractivity contribution in [3.05, 3.63) is 72.6 Å². The fourth-order valence-corrected chi connectivity index (χ4v) is 2.61. The summed E-state index contributed by atoms with van der Waals surface area (Å²) in [7, 11) is 0. The SMILES string of the molecule is CCN(CC)C(=O)c1ccnc(Nc2ccccc2Oc2ccccc2)n1. The minimum absolute atomic E-state index is 0.112. The van der Waals surface area contributed by atoms with Crippen LogP contribution in [0.5, 0.6) is 11.5 Å². The summed E-state index contributed by atoms with van der Waals surface area (Å²) in [4.78, 5) is 22.8. The number of carbonyl (C=O) groups excluding carboxylic acids is 1. The molecule has 1 heterocycles. The van der Waals surface area contributed by atoms with Crippen molar-refractivity contribution >= 4 is 17.5 Å². The number of rotatable bonds is 7. The number of carbonyl (C=O) groups is 1. The maximum atomic E-state index is 12.5. The Hall–Kier alpha value is -3.41. The molecule has 1 amide bonds. The molecule has 1 aromatic heterocycles. The molecule has 3 rings (SSSR count). The highest BCUT2D eigenvalue weighted by Gasteiger charge is 2.15. The highest BCUT2D eigenvalue weighted by atomic mass is 16.5. The van der Waals surface area contributed by atoms with Crippen molar-refractivity contribution in [2.75, 3.05) is 18.4 Å². The Morgan fingerprint density at radius 2 is 1.70 bits per heavy atom. The first-order valence-electron chi connectivity index (χ1n) is 8.92. The van der Waals surface area contributed by atoms with Crippen molar-refractivity contribution in [3.63, 3.8) is 0 Å². The molecule has 138 valence electrons. The minimum Gasteiger partial charge on any atom is -0.455 e. The molecule has 2 aromatic carbocycles. The molecule has 0 saturated carbocycles. The first kappa shape index (κ1) is 18.4. The van der Waals surface area contributed by atoms with Gasteiger partial charge in [-0.3, -0.25) is 4.79 Å². The van der Waals surface area contributed by atoms with E-state index in [-0.39, 0.29) is 5.91 Å². The monoisotopic (exact) mass is 362 g/mol. The van der Waals surface area contributed by atoms with Gasteiger partial charge in [0.2, 0.25) is 5.95 Å². The molecular formula is C21H22N4O2. The highest BCUT2D eigenvalue weighted by molar-refractivity contribution is 5.92. The molecule has 0 atom stereocenters. The third-order valence-corrected chi connectivity index (χ3v) is 4.03. The van der Waals surface area contributed by atoms with Crippen LogP contribution in [0.25, 0.3) is 0 Å². The Bertz CT molecular complexity index is 895. The summed E-state index contributed by atoms with van der Waals surface area (Å²) in [6.45, 7) is 5.16. The van der Waals surface area contributed by atoms with Crippen molar-refractivity contribution in [2.24, 2.45) is 0 Å². The smallest absolute Gasteiger partial charge is 0.272 e. The Labute approximate surface area is 158 Å².